The van der Waals surface area contributed by atoms with Gasteiger partial charge in [-0.25, -0.2) is 9.97 Å². The molecule has 2 heterocycles. The van der Waals surface area contributed by atoms with E-state index < -0.39 is 0 Å². The summed E-state index contributed by atoms with van der Waals surface area (Å²) in [7, 11) is 1.87. The molecule has 2 rings (SSSR count). The van der Waals surface area contributed by atoms with Gasteiger partial charge in [0.15, 0.2) is 5.82 Å². The van der Waals surface area contributed by atoms with Crippen molar-refractivity contribution >= 4 is 33.5 Å². The summed E-state index contributed by atoms with van der Waals surface area (Å²) in [5, 5.41) is 3.09. The highest BCUT2D eigenvalue weighted by atomic mass is 79.9. The molecule has 1 fully saturated rings. The summed E-state index contributed by atoms with van der Waals surface area (Å²) in [5.74, 6) is 3.63. The van der Waals surface area contributed by atoms with Gasteiger partial charge in [0.05, 0.1) is 16.8 Å². The van der Waals surface area contributed by atoms with Crippen molar-refractivity contribution in [3.8, 4) is 0 Å². The lowest BCUT2D eigenvalue weighted by atomic mass is 10.3. The maximum Gasteiger partial charge on any atom is 0.160 e. The topological polar surface area (TPSA) is 47.0 Å². The molecule has 1 aliphatic heterocycles. The third kappa shape index (κ3) is 2.92. The SMILES string of the molecule is CCc1nc(C2CSCCO2)nc(NC)c1Br. The molecule has 1 unspecified atom stereocenters. The maximum absolute atomic E-state index is 5.71. The summed E-state index contributed by atoms with van der Waals surface area (Å²) in [5.41, 5.74) is 1.03. The quantitative estimate of drug-likeness (QED) is 0.928. The first kappa shape index (κ1) is 13.1. The average molecular weight is 318 g/mol. The first-order chi connectivity index (χ1) is 8.26. The van der Waals surface area contributed by atoms with E-state index >= 15 is 0 Å². The van der Waals surface area contributed by atoms with Crippen LogP contribution in [0.1, 0.15) is 24.5 Å². The normalized spacial score (nSPS) is 20.3. The number of anilines is 1. The standard InChI is InChI=1S/C11H16BrN3OS/c1-3-7-9(12)11(13-2)15-10(14-7)8-6-17-5-4-16-8/h8H,3-6H2,1-2H3,(H,13,14,15). The van der Waals surface area contributed by atoms with Gasteiger partial charge in [-0.3, -0.25) is 0 Å². The number of nitrogens with zero attached hydrogens (tertiary/aromatic N) is 2. The second-order valence-electron chi connectivity index (χ2n) is 3.73. The second kappa shape index (κ2) is 6.02. The Balaban J connectivity index is 2.33. The molecule has 1 aromatic rings. The molecule has 94 valence electrons. The third-order valence-corrected chi connectivity index (χ3v) is 4.44. The number of aromatic nitrogens is 2. The molecule has 17 heavy (non-hydrogen) atoms. The van der Waals surface area contributed by atoms with Gasteiger partial charge < -0.3 is 10.1 Å². The van der Waals surface area contributed by atoms with Crippen LogP contribution in [0, 0.1) is 0 Å². The van der Waals surface area contributed by atoms with Gasteiger partial charge in [-0.15, -0.1) is 0 Å². The molecule has 0 radical (unpaired) electrons. The predicted molar refractivity (Wildman–Crippen MR) is 74.7 cm³/mol. The summed E-state index contributed by atoms with van der Waals surface area (Å²) >= 11 is 5.42. The molecule has 0 spiro atoms. The molecule has 1 atom stereocenters. The highest BCUT2D eigenvalue weighted by molar-refractivity contribution is 9.10. The van der Waals surface area contributed by atoms with E-state index in [1.807, 2.05) is 18.8 Å². The molecule has 4 nitrogen and oxygen atoms in total. The van der Waals surface area contributed by atoms with Gasteiger partial charge in [0.1, 0.15) is 11.9 Å². The van der Waals surface area contributed by atoms with Gasteiger partial charge in [-0.1, -0.05) is 6.92 Å². The van der Waals surface area contributed by atoms with Gasteiger partial charge in [0.2, 0.25) is 0 Å². The van der Waals surface area contributed by atoms with Crippen LogP contribution in [0.3, 0.4) is 0 Å². The number of halogens is 1. The van der Waals surface area contributed by atoms with E-state index in [2.05, 4.69) is 38.1 Å². The summed E-state index contributed by atoms with van der Waals surface area (Å²) in [4.78, 5) is 9.10. The lowest BCUT2D eigenvalue weighted by Crippen LogP contribution is -2.19. The van der Waals surface area contributed by atoms with Crippen molar-refractivity contribution < 1.29 is 4.74 Å². The van der Waals surface area contributed by atoms with Crippen molar-refractivity contribution in [1.82, 2.24) is 9.97 Å². The number of nitrogens with one attached hydrogen (secondary N) is 1. The average Bonchev–Trinajstić information content (AvgIpc) is 2.40. The predicted octanol–water partition coefficient (Wildman–Crippen LogP) is 2.65. The molecule has 0 aromatic carbocycles. The molecule has 1 N–H and O–H groups in total. The number of hydrogen-bond donors (Lipinski definition) is 1. The van der Waals surface area contributed by atoms with Crippen LogP contribution in [0.15, 0.2) is 4.47 Å². The second-order valence-corrected chi connectivity index (χ2v) is 5.67. The van der Waals surface area contributed by atoms with E-state index in [0.717, 1.165) is 46.3 Å². The summed E-state index contributed by atoms with van der Waals surface area (Å²) < 4.78 is 6.67. The van der Waals surface area contributed by atoms with Gasteiger partial charge in [0.25, 0.3) is 0 Å². The Morgan fingerprint density at radius 1 is 1.53 bits per heavy atom. The Morgan fingerprint density at radius 2 is 2.35 bits per heavy atom. The van der Waals surface area contributed by atoms with Crippen LogP contribution in [0.25, 0.3) is 0 Å². The van der Waals surface area contributed by atoms with Crippen LogP contribution < -0.4 is 5.32 Å². The van der Waals surface area contributed by atoms with Crippen LogP contribution in [0.5, 0.6) is 0 Å². The van der Waals surface area contributed by atoms with E-state index in [0.29, 0.717) is 0 Å². The van der Waals surface area contributed by atoms with Crippen molar-refractivity contribution in [1.29, 1.82) is 0 Å². The molecule has 0 aliphatic carbocycles. The number of aryl methyl sites for hydroxylation is 1. The Kier molecular flexibility index (Phi) is 4.64. The first-order valence-corrected chi connectivity index (χ1v) is 7.64. The zero-order chi connectivity index (χ0) is 12.3. The minimum atomic E-state index is 0.0271. The number of ether oxygens (including phenoxy) is 1. The van der Waals surface area contributed by atoms with Gasteiger partial charge in [0, 0.05) is 18.6 Å². The van der Waals surface area contributed by atoms with Gasteiger partial charge >= 0.3 is 0 Å². The number of rotatable bonds is 3. The van der Waals surface area contributed by atoms with Crippen LogP contribution >= 0.6 is 27.7 Å². The molecule has 0 amide bonds. The zero-order valence-corrected chi connectivity index (χ0v) is 12.4. The summed E-state index contributed by atoms with van der Waals surface area (Å²) in [6.07, 6.45) is 0.907. The molecule has 0 saturated carbocycles. The fraction of sp³-hybridized carbons (Fsp3) is 0.636. The molecular weight excluding hydrogens is 302 g/mol. The molecule has 6 heteroatoms. The van der Waals surface area contributed by atoms with E-state index in [-0.39, 0.29) is 6.10 Å². The van der Waals surface area contributed by atoms with Crippen molar-refractivity contribution in [2.45, 2.75) is 19.4 Å². The molecular formula is C11H16BrN3OS. The van der Waals surface area contributed by atoms with Crippen molar-refractivity contribution in [3.63, 3.8) is 0 Å². The maximum atomic E-state index is 5.71. The lowest BCUT2D eigenvalue weighted by molar-refractivity contribution is 0.0693. The van der Waals surface area contributed by atoms with Crippen molar-refractivity contribution in [3.05, 3.63) is 16.0 Å². The smallest absolute Gasteiger partial charge is 0.160 e. The Labute approximate surface area is 114 Å². The first-order valence-electron chi connectivity index (χ1n) is 5.69. The summed E-state index contributed by atoms with van der Waals surface area (Å²) in [6, 6.07) is 0. The minimum Gasteiger partial charge on any atom is -0.372 e. The van der Waals surface area contributed by atoms with Crippen molar-refractivity contribution in [2.24, 2.45) is 0 Å². The van der Waals surface area contributed by atoms with Crippen LogP contribution in [-0.4, -0.2) is 35.1 Å². The highest BCUT2D eigenvalue weighted by Gasteiger charge is 2.21. The van der Waals surface area contributed by atoms with Crippen molar-refractivity contribution in [2.75, 3.05) is 30.5 Å². The molecule has 1 aromatic heterocycles. The Hall–Kier alpha value is -0.330. The molecule has 0 bridgehead atoms. The lowest BCUT2D eigenvalue weighted by Gasteiger charge is -2.22. The largest absolute Gasteiger partial charge is 0.372 e. The zero-order valence-electron chi connectivity index (χ0n) is 9.99. The third-order valence-electron chi connectivity index (χ3n) is 2.61. The minimum absolute atomic E-state index is 0.0271. The Morgan fingerprint density at radius 3 is 2.94 bits per heavy atom. The van der Waals surface area contributed by atoms with E-state index in [1.165, 1.54) is 0 Å². The fourth-order valence-electron chi connectivity index (χ4n) is 1.69. The molecule has 1 aliphatic rings. The van der Waals surface area contributed by atoms with Gasteiger partial charge in [-0.05, 0) is 22.4 Å². The van der Waals surface area contributed by atoms with Crippen LogP contribution in [0.4, 0.5) is 5.82 Å². The van der Waals surface area contributed by atoms with E-state index in [9.17, 15) is 0 Å². The highest BCUT2D eigenvalue weighted by Crippen LogP contribution is 2.29. The van der Waals surface area contributed by atoms with Gasteiger partial charge in [-0.2, -0.15) is 11.8 Å². The monoisotopic (exact) mass is 317 g/mol. The molecule has 1 saturated heterocycles. The number of thioether (sulfide) groups is 1. The summed E-state index contributed by atoms with van der Waals surface area (Å²) in [6.45, 7) is 2.87. The fourth-order valence-corrected chi connectivity index (χ4v) is 3.19. The number of hydrogen-bond acceptors (Lipinski definition) is 5. The van der Waals surface area contributed by atoms with Crippen LogP contribution in [-0.2, 0) is 11.2 Å². The van der Waals surface area contributed by atoms with E-state index in [4.69, 9.17) is 4.74 Å². The Bertz CT molecular complexity index is 371. The van der Waals surface area contributed by atoms with E-state index in [1.54, 1.807) is 0 Å². The van der Waals surface area contributed by atoms with Crippen LogP contribution in [0.2, 0.25) is 0 Å².